The van der Waals surface area contributed by atoms with E-state index in [0.717, 1.165) is 76.1 Å². The van der Waals surface area contributed by atoms with E-state index in [1.54, 1.807) is 14.0 Å². The number of carbonyl (C=O) groups excluding carboxylic acids is 2. The Bertz CT molecular complexity index is 979. The smallest absolute Gasteiger partial charge is 0.219 e. The van der Waals surface area contributed by atoms with E-state index in [4.69, 9.17) is 4.74 Å². The van der Waals surface area contributed by atoms with Crippen LogP contribution in [0.4, 0.5) is 0 Å². The summed E-state index contributed by atoms with van der Waals surface area (Å²) in [6, 6.07) is 14.6. The van der Waals surface area contributed by atoms with Crippen molar-refractivity contribution in [3.8, 4) is 5.75 Å². The lowest BCUT2D eigenvalue weighted by Crippen LogP contribution is -2.37. The van der Waals surface area contributed by atoms with Crippen LogP contribution in [0.3, 0.4) is 0 Å². The van der Waals surface area contributed by atoms with Crippen LogP contribution >= 0.6 is 0 Å². The molecule has 1 amide bonds. The Balaban J connectivity index is 1.31. The van der Waals surface area contributed by atoms with Crippen molar-refractivity contribution < 1.29 is 14.3 Å². The molecule has 5 heteroatoms. The minimum absolute atomic E-state index is 0.163. The quantitative estimate of drug-likeness (QED) is 0.585. The summed E-state index contributed by atoms with van der Waals surface area (Å²) in [6.45, 7) is 6.18. The molecule has 5 nitrogen and oxygen atoms in total. The van der Waals surface area contributed by atoms with Crippen molar-refractivity contribution in [1.29, 1.82) is 0 Å². The molecule has 2 aliphatic heterocycles. The fourth-order valence-corrected chi connectivity index (χ4v) is 5.19. The molecule has 2 heterocycles. The number of benzene rings is 2. The summed E-state index contributed by atoms with van der Waals surface area (Å²) in [4.78, 5) is 28.8. The lowest BCUT2D eigenvalue weighted by molar-refractivity contribution is -0.130. The molecule has 0 atom stereocenters. The predicted molar refractivity (Wildman–Crippen MR) is 131 cm³/mol. The fourth-order valence-electron chi connectivity index (χ4n) is 5.19. The minimum Gasteiger partial charge on any atom is -0.496 e. The van der Waals surface area contributed by atoms with Crippen LogP contribution in [0.5, 0.6) is 5.75 Å². The molecule has 0 radical (unpaired) electrons. The maximum Gasteiger partial charge on any atom is 0.219 e. The molecule has 0 unspecified atom stereocenters. The number of methoxy groups -OCH3 is 1. The number of hydrogen-bond donors (Lipinski definition) is 0. The molecule has 2 aromatic carbocycles. The molecular formula is C28H36N2O3. The standard InChI is InChI=1S/C28H36N2O3/c1-21(31)30-17-11-22(12-18-30)7-10-27(32)25-9-8-23-13-15-29(16-14-24(23)19-25)20-26-5-3-4-6-28(26)33-2/h3-6,8-9,19,22H,7,10-18,20H2,1-2H3. The number of piperidine rings is 1. The van der Waals surface area contributed by atoms with E-state index in [-0.39, 0.29) is 11.7 Å². The third-order valence-electron chi connectivity index (χ3n) is 7.35. The zero-order valence-corrected chi connectivity index (χ0v) is 20.0. The van der Waals surface area contributed by atoms with Gasteiger partial charge in [-0.25, -0.2) is 0 Å². The van der Waals surface area contributed by atoms with E-state index in [0.29, 0.717) is 12.3 Å². The van der Waals surface area contributed by atoms with Crippen LogP contribution in [0, 0.1) is 5.92 Å². The van der Waals surface area contributed by atoms with Gasteiger partial charge in [0.1, 0.15) is 5.75 Å². The highest BCUT2D eigenvalue weighted by Crippen LogP contribution is 2.25. The average molecular weight is 449 g/mol. The predicted octanol–water partition coefficient (Wildman–Crippen LogP) is 4.52. The largest absolute Gasteiger partial charge is 0.496 e. The van der Waals surface area contributed by atoms with Crippen LogP contribution in [-0.2, 0) is 24.2 Å². The molecule has 2 aromatic rings. The monoisotopic (exact) mass is 448 g/mol. The number of amides is 1. The van der Waals surface area contributed by atoms with Crippen LogP contribution in [0.1, 0.15) is 59.7 Å². The zero-order valence-electron chi connectivity index (χ0n) is 20.0. The summed E-state index contributed by atoms with van der Waals surface area (Å²) in [7, 11) is 1.73. The first-order valence-corrected chi connectivity index (χ1v) is 12.3. The number of ether oxygens (including phenoxy) is 1. The summed E-state index contributed by atoms with van der Waals surface area (Å²) in [5.74, 6) is 1.91. The minimum atomic E-state index is 0.163. The van der Waals surface area contributed by atoms with E-state index in [1.807, 2.05) is 23.1 Å². The Kier molecular flexibility index (Phi) is 7.81. The van der Waals surface area contributed by atoms with Gasteiger partial charge in [-0.2, -0.15) is 0 Å². The average Bonchev–Trinajstić information content (AvgIpc) is 3.05. The molecule has 0 spiro atoms. The molecule has 0 aromatic heterocycles. The van der Waals surface area contributed by atoms with Crippen LogP contribution in [-0.4, -0.2) is 54.8 Å². The van der Waals surface area contributed by atoms with Gasteiger partial charge in [0.25, 0.3) is 0 Å². The fraction of sp³-hybridized carbons (Fsp3) is 0.500. The van der Waals surface area contributed by atoms with Crippen molar-refractivity contribution >= 4 is 11.7 Å². The first kappa shape index (κ1) is 23.5. The number of carbonyl (C=O) groups is 2. The summed E-state index contributed by atoms with van der Waals surface area (Å²) < 4.78 is 5.52. The lowest BCUT2D eigenvalue weighted by Gasteiger charge is -2.31. The van der Waals surface area contributed by atoms with Crippen LogP contribution in [0.2, 0.25) is 0 Å². The van der Waals surface area contributed by atoms with Gasteiger partial charge in [-0.15, -0.1) is 0 Å². The van der Waals surface area contributed by atoms with Crippen molar-refractivity contribution in [2.24, 2.45) is 5.92 Å². The Morgan fingerprint density at radius 3 is 2.42 bits per heavy atom. The number of fused-ring (bicyclic) bond motifs is 1. The zero-order chi connectivity index (χ0) is 23.2. The van der Waals surface area contributed by atoms with Gasteiger partial charge < -0.3 is 9.64 Å². The Morgan fingerprint density at radius 1 is 0.970 bits per heavy atom. The molecule has 0 N–H and O–H groups in total. The normalized spacial score (nSPS) is 17.3. The van der Waals surface area contributed by atoms with E-state index in [1.165, 1.54) is 16.7 Å². The van der Waals surface area contributed by atoms with Gasteiger partial charge in [-0.05, 0) is 61.3 Å². The summed E-state index contributed by atoms with van der Waals surface area (Å²) in [5, 5.41) is 0. The van der Waals surface area contributed by atoms with Crippen LogP contribution in [0.15, 0.2) is 42.5 Å². The second-order valence-corrected chi connectivity index (χ2v) is 9.48. The number of likely N-dealkylation sites (tertiary alicyclic amines) is 1. The molecule has 0 aliphatic carbocycles. The van der Waals surface area contributed by atoms with Gasteiger partial charge in [0.2, 0.25) is 5.91 Å². The SMILES string of the molecule is COc1ccccc1CN1CCc2ccc(C(=O)CCC3CCN(C(C)=O)CC3)cc2CC1. The molecule has 2 aliphatic rings. The second-order valence-electron chi connectivity index (χ2n) is 9.48. The maximum atomic E-state index is 12.9. The number of para-hydroxylation sites is 1. The van der Waals surface area contributed by atoms with Gasteiger partial charge in [-0.1, -0.05) is 30.3 Å². The summed E-state index contributed by atoms with van der Waals surface area (Å²) in [5.41, 5.74) is 4.76. The number of hydrogen-bond acceptors (Lipinski definition) is 4. The summed E-state index contributed by atoms with van der Waals surface area (Å²) in [6.07, 6.45) is 5.53. The van der Waals surface area contributed by atoms with Crippen molar-refractivity contribution in [3.05, 3.63) is 64.7 Å². The van der Waals surface area contributed by atoms with Gasteiger partial charge >= 0.3 is 0 Å². The maximum absolute atomic E-state index is 12.9. The molecule has 1 saturated heterocycles. The van der Waals surface area contributed by atoms with Crippen molar-refractivity contribution in [1.82, 2.24) is 9.80 Å². The Hall–Kier alpha value is -2.66. The Morgan fingerprint density at radius 2 is 1.70 bits per heavy atom. The molecular weight excluding hydrogens is 412 g/mol. The van der Waals surface area contributed by atoms with Crippen molar-refractivity contribution in [2.75, 3.05) is 33.3 Å². The number of ketones is 1. The van der Waals surface area contributed by atoms with E-state index in [2.05, 4.69) is 29.2 Å². The van der Waals surface area contributed by atoms with Gasteiger partial charge in [-0.3, -0.25) is 14.5 Å². The molecule has 176 valence electrons. The highest BCUT2D eigenvalue weighted by atomic mass is 16.5. The highest BCUT2D eigenvalue weighted by Gasteiger charge is 2.22. The number of nitrogens with zero attached hydrogens (tertiary/aromatic N) is 2. The molecule has 0 bridgehead atoms. The highest BCUT2D eigenvalue weighted by molar-refractivity contribution is 5.96. The summed E-state index contributed by atoms with van der Waals surface area (Å²) >= 11 is 0. The number of Topliss-reactive ketones (excluding diaryl/α,β-unsaturated/α-hetero) is 1. The third kappa shape index (κ3) is 6.02. The number of rotatable bonds is 7. The molecule has 33 heavy (non-hydrogen) atoms. The molecule has 0 saturated carbocycles. The van der Waals surface area contributed by atoms with Crippen molar-refractivity contribution in [2.45, 2.75) is 52.0 Å². The molecule has 4 rings (SSSR count). The van der Waals surface area contributed by atoms with Crippen molar-refractivity contribution in [3.63, 3.8) is 0 Å². The first-order chi connectivity index (χ1) is 16.0. The van der Waals surface area contributed by atoms with E-state index >= 15 is 0 Å². The topological polar surface area (TPSA) is 49.9 Å². The lowest BCUT2D eigenvalue weighted by atomic mass is 9.89. The second kappa shape index (κ2) is 11.0. The van der Waals surface area contributed by atoms with Crippen LogP contribution < -0.4 is 4.74 Å². The van der Waals surface area contributed by atoms with Gasteiger partial charge in [0, 0.05) is 57.2 Å². The van der Waals surface area contributed by atoms with Gasteiger partial charge in [0.05, 0.1) is 7.11 Å². The Labute approximate surface area is 197 Å². The van der Waals surface area contributed by atoms with Crippen LogP contribution in [0.25, 0.3) is 0 Å². The van der Waals surface area contributed by atoms with E-state index < -0.39 is 0 Å². The van der Waals surface area contributed by atoms with Gasteiger partial charge in [0.15, 0.2) is 5.78 Å². The molecule has 1 fully saturated rings. The first-order valence-electron chi connectivity index (χ1n) is 12.3. The third-order valence-corrected chi connectivity index (χ3v) is 7.35. The van der Waals surface area contributed by atoms with E-state index in [9.17, 15) is 9.59 Å².